The Bertz CT molecular complexity index is 825. The van der Waals surface area contributed by atoms with Gasteiger partial charge >= 0.3 is 20.4 Å². The fourth-order valence-electron chi connectivity index (χ4n) is 3.63. The number of rotatable bonds is 8. The molecular weight excluding hydrogens is 564 g/mol. The van der Waals surface area contributed by atoms with E-state index >= 15 is 0 Å². The SMILES string of the molecule is Cl.Cl.[Pd+2].c1ccc(P(CCCP(c2ccccc2)c2ccccc2)c2ccccc2)cc1. The molecule has 0 unspecified atom stereocenters. The van der Waals surface area contributed by atoms with Crippen molar-refractivity contribution in [3.05, 3.63) is 121 Å². The summed E-state index contributed by atoms with van der Waals surface area (Å²) in [7, 11) is -0.618. The zero-order valence-electron chi connectivity index (χ0n) is 17.7. The van der Waals surface area contributed by atoms with Crippen LogP contribution in [0.4, 0.5) is 0 Å². The topological polar surface area (TPSA) is 0 Å². The number of hydrogen-bond acceptors (Lipinski definition) is 0. The summed E-state index contributed by atoms with van der Waals surface area (Å²) in [6, 6.07) is 44.3. The third kappa shape index (κ3) is 8.08. The molecule has 0 radical (unpaired) electrons. The van der Waals surface area contributed by atoms with Crippen molar-refractivity contribution in [2.24, 2.45) is 0 Å². The van der Waals surface area contributed by atoms with Crippen LogP contribution in [0.1, 0.15) is 6.42 Å². The van der Waals surface area contributed by atoms with E-state index in [9.17, 15) is 0 Å². The third-order valence-electron chi connectivity index (χ3n) is 5.03. The number of halogens is 2. The van der Waals surface area contributed by atoms with Gasteiger partial charge in [-0.3, -0.25) is 0 Å². The zero-order valence-corrected chi connectivity index (χ0v) is 22.7. The summed E-state index contributed by atoms with van der Waals surface area (Å²) in [5, 5.41) is 5.94. The average Bonchev–Trinajstić information content (AvgIpc) is 2.81. The van der Waals surface area contributed by atoms with Crippen molar-refractivity contribution in [2.45, 2.75) is 6.42 Å². The van der Waals surface area contributed by atoms with Crippen LogP contribution in [0, 0.1) is 0 Å². The molecule has 0 atom stereocenters. The van der Waals surface area contributed by atoms with Crippen LogP contribution in [0.25, 0.3) is 0 Å². The monoisotopic (exact) mass is 590 g/mol. The second kappa shape index (κ2) is 15.8. The van der Waals surface area contributed by atoms with Crippen LogP contribution in [0.3, 0.4) is 0 Å². The van der Waals surface area contributed by atoms with Gasteiger partial charge in [0, 0.05) is 0 Å². The van der Waals surface area contributed by atoms with E-state index < -0.39 is 0 Å². The summed E-state index contributed by atoms with van der Waals surface area (Å²) in [4.78, 5) is 0. The zero-order chi connectivity index (χ0) is 19.7. The molecule has 0 fully saturated rings. The predicted molar refractivity (Wildman–Crippen MR) is 147 cm³/mol. The third-order valence-corrected chi connectivity index (χ3v) is 10.2. The molecule has 32 heavy (non-hydrogen) atoms. The first-order chi connectivity index (χ1) is 14.4. The number of hydrogen-bond donors (Lipinski definition) is 0. The van der Waals surface area contributed by atoms with Gasteiger partial charge in [0.25, 0.3) is 0 Å². The summed E-state index contributed by atoms with van der Waals surface area (Å²) in [6.45, 7) is 0. The average molecular weight is 592 g/mol. The summed E-state index contributed by atoms with van der Waals surface area (Å²) < 4.78 is 0. The molecule has 5 heteroatoms. The quantitative estimate of drug-likeness (QED) is 0.163. The second-order valence-corrected chi connectivity index (χ2v) is 11.7. The molecule has 0 saturated heterocycles. The summed E-state index contributed by atoms with van der Waals surface area (Å²) in [6.07, 6.45) is 3.72. The number of benzene rings is 4. The maximum atomic E-state index is 2.30. The van der Waals surface area contributed by atoms with Crippen LogP contribution in [0.15, 0.2) is 121 Å². The van der Waals surface area contributed by atoms with Gasteiger partial charge in [-0.05, 0) is 55.8 Å². The fraction of sp³-hybridized carbons (Fsp3) is 0.111. The molecule has 0 aliphatic rings. The molecule has 0 saturated carbocycles. The Morgan fingerprint density at radius 3 is 0.812 bits per heavy atom. The van der Waals surface area contributed by atoms with Crippen LogP contribution in [-0.2, 0) is 20.4 Å². The van der Waals surface area contributed by atoms with Gasteiger partial charge in [-0.25, -0.2) is 0 Å². The van der Waals surface area contributed by atoms with E-state index in [1.54, 1.807) is 0 Å². The van der Waals surface area contributed by atoms with E-state index in [4.69, 9.17) is 0 Å². The molecule has 0 nitrogen and oxygen atoms in total. The van der Waals surface area contributed by atoms with Crippen molar-refractivity contribution in [1.29, 1.82) is 0 Å². The largest absolute Gasteiger partial charge is 2.00 e. The Morgan fingerprint density at radius 2 is 0.594 bits per heavy atom. The molecular formula is C27H28Cl2P2Pd+2. The first-order valence-electron chi connectivity index (χ1n) is 10.2. The summed E-state index contributed by atoms with van der Waals surface area (Å²) >= 11 is 0. The minimum atomic E-state index is -0.309. The van der Waals surface area contributed by atoms with Crippen LogP contribution in [-0.4, -0.2) is 12.3 Å². The molecule has 0 spiro atoms. The van der Waals surface area contributed by atoms with Crippen molar-refractivity contribution < 1.29 is 20.4 Å². The molecule has 4 aromatic rings. The van der Waals surface area contributed by atoms with Crippen molar-refractivity contribution >= 4 is 61.9 Å². The Kier molecular flexibility index (Phi) is 14.3. The first kappa shape index (κ1) is 29.0. The Balaban J connectivity index is 0.00000171. The molecule has 0 aliphatic heterocycles. The van der Waals surface area contributed by atoms with E-state index in [1.165, 1.54) is 40.0 Å². The van der Waals surface area contributed by atoms with Crippen molar-refractivity contribution in [1.82, 2.24) is 0 Å². The van der Waals surface area contributed by atoms with Crippen molar-refractivity contribution in [3.63, 3.8) is 0 Å². The Hall–Kier alpha value is -1.02. The van der Waals surface area contributed by atoms with Crippen LogP contribution < -0.4 is 21.2 Å². The van der Waals surface area contributed by atoms with Crippen LogP contribution >= 0.6 is 40.7 Å². The van der Waals surface area contributed by atoms with Gasteiger partial charge in [0.2, 0.25) is 0 Å². The molecule has 4 rings (SSSR count). The minimum Gasteiger partial charge on any atom is -0.147 e. The molecule has 168 valence electrons. The van der Waals surface area contributed by atoms with Gasteiger partial charge in [0.1, 0.15) is 0 Å². The maximum absolute atomic E-state index is 2.30. The Morgan fingerprint density at radius 1 is 0.375 bits per heavy atom. The molecule has 0 bridgehead atoms. The maximum Gasteiger partial charge on any atom is 2.00 e. The van der Waals surface area contributed by atoms with Gasteiger partial charge in [0.05, 0.1) is 0 Å². The van der Waals surface area contributed by atoms with E-state index in [-0.39, 0.29) is 61.1 Å². The molecule has 0 N–H and O–H groups in total. The molecule has 4 aromatic carbocycles. The molecule has 0 heterocycles. The normalized spacial score (nSPS) is 10.1. The van der Waals surface area contributed by atoms with Gasteiger partial charge in [-0.1, -0.05) is 121 Å². The molecule has 0 aromatic heterocycles. The standard InChI is InChI=1S/C27H26P2.2ClH.Pd/c1-5-14-24(15-6-1)28(25-16-7-2-8-17-25)22-13-23-29(26-18-9-3-10-19-26)27-20-11-4-12-21-27;;;/h1-12,14-21H,13,22-23H2;2*1H;/q;;;+2. The predicted octanol–water partition coefficient (Wildman–Crippen LogP) is 6.48. The summed E-state index contributed by atoms with van der Waals surface area (Å²) in [5.74, 6) is 0. The second-order valence-electron chi connectivity index (χ2n) is 7.00. The van der Waals surface area contributed by atoms with Gasteiger partial charge in [-0.2, -0.15) is 0 Å². The van der Waals surface area contributed by atoms with E-state index in [1.807, 2.05) is 0 Å². The van der Waals surface area contributed by atoms with Crippen LogP contribution in [0.2, 0.25) is 0 Å². The van der Waals surface area contributed by atoms with Gasteiger partial charge in [-0.15, -0.1) is 24.8 Å². The molecule has 0 aliphatic carbocycles. The van der Waals surface area contributed by atoms with Crippen molar-refractivity contribution in [3.8, 4) is 0 Å². The summed E-state index contributed by atoms with van der Waals surface area (Å²) in [5.41, 5.74) is 0. The van der Waals surface area contributed by atoms with Gasteiger partial charge < -0.3 is 0 Å². The van der Waals surface area contributed by atoms with E-state index in [0.717, 1.165) is 0 Å². The van der Waals surface area contributed by atoms with E-state index in [2.05, 4.69) is 121 Å². The van der Waals surface area contributed by atoms with E-state index in [0.29, 0.717) is 0 Å². The van der Waals surface area contributed by atoms with Crippen LogP contribution in [0.5, 0.6) is 0 Å². The smallest absolute Gasteiger partial charge is 0.147 e. The van der Waals surface area contributed by atoms with Crippen molar-refractivity contribution in [2.75, 3.05) is 12.3 Å². The molecule has 0 amide bonds. The van der Waals surface area contributed by atoms with Gasteiger partial charge in [0.15, 0.2) is 0 Å². The Labute approximate surface area is 221 Å². The minimum absolute atomic E-state index is 0. The first-order valence-corrected chi connectivity index (χ1v) is 13.2. The fourth-order valence-corrected chi connectivity index (χ4v) is 8.59.